The Morgan fingerprint density at radius 3 is 2.79 bits per heavy atom. The van der Waals surface area contributed by atoms with Crippen molar-refractivity contribution in [3.8, 4) is 5.75 Å². The first-order valence-corrected chi connectivity index (χ1v) is 7.62. The molecule has 2 aromatic rings. The summed E-state index contributed by atoms with van der Waals surface area (Å²) in [6.07, 6.45) is 2.05. The first-order chi connectivity index (χ1) is 11.6. The minimum atomic E-state index is -0.457. The van der Waals surface area contributed by atoms with Crippen molar-refractivity contribution in [1.82, 2.24) is 15.2 Å². The second-order valence-corrected chi connectivity index (χ2v) is 5.49. The molecule has 0 bridgehead atoms. The van der Waals surface area contributed by atoms with Crippen LogP contribution in [-0.2, 0) is 0 Å². The number of carbonyl (C=O) groups excluding carboxylic acids is 2. The van der Waals surface area contributed by atoms with Crippen LogP contribution >= 0.6 is 11.6 Å². The van der Waals surface area contributed by atoms with Gasteiger partial charge in [-0.25, -0.2) is 14.8 Å². The minimum Gasteiger partial charge on any atom is -0.495 e. The molecule has 3 rings (SSSR count). The molecule has 0 spiro atoms. The summed E-state index contributed by atoms with van der Waals surface area (Å²) in [7, 11) is 1.49. The molecule has 0 aliphatic carbocycles. The summed E-state index contributed by atoms with van der Waals surface area (Å²) in [4.78, 5) is 24.9. The van der Waals surface area contributed by atoms with Crippen LogP contribution in [0.15, 0.2) is 35.0 Å². The van der Waals surface area contributed by atoms with Crippen molar-refractivity contribution in [3.63, 3.8) is 0 Å². The molecule has 2 heterocycles. The van der Waals surface area contributed by atoms with Crippen molar-refractivity contribution in [2.24, 2.45) is 0 Å². The van der Waals surface area contributed by atoms with Crippen molar-refractivity contribution in [2.45, 2.75) is 6.42 Å². The van der Waals surface area contributed by atoms with Crippen LogP contribution < -0.4 is 10.1 Å². The number of aromatic nitrogens is 1. The summed E-state index contributed by atoms with van der Waals surface area (Å²) >= 11 is 5.96. The van der Waals surface area contributed by atoms with Crippen molar-refractivity contribution >= 4 is 29.2 Å². The fourth-order valence-electron chi connectivity index (χ4n) is 2.44. The first-order valence-electron chi connectivity index (χ1n) is 7.24. The standard InChI is InChI=1S/C15H15ClN4O4/c1-23-12-4-3-10(16)9-11(12)18-15(22)20-8-2-7-19(20)14(21)13-5-6-17-24-13/h3-6,9H,2,7-8H2,1H3,(H,18,22). The molecule has 0 atom stereocenters. The van der Waals surface area contributed by atoms with E-state index >= 15 is 0 Å². The predicted molar refractivity (Wildman–Crippen MR) is 85.9 cm³/mol. The van der Waals surface area contributed by atoms with Gasteiger partial charge in [0, 0.05) is 24.2 Å². The zero-order chi connectivity index (χ0) is 17.1. The van der Waals surface area contributed by atoms with Gasteiger partial charge in [0.1, 0.15) is 5.75 Å². The maximum Gasteiger partial charge on any atom is 0.340 e. The number of carbonyl (C=O) groups is 2. The fraction of sp³-hybridized carbons (Fsp3) is 0.267. The van der Waals surface area contributed by atoms with Crippen LogP contribution in [0.3, 0.4) is 0 Å². The number of benzene rings is 1. The molecule has 1 aromatic carbocycles. The maximum absolute atomic E-state index is 12.6. The first kappa shape index (κ1) is 16.1. The molecule has 1 aromatic heterocycles. The van der Waals surface area contributed by atoms with Crippen molar-refractivity contribution in [1.29, 1.82) is 0 Å². The number of ether oxygens (including phenoxy) is 1. The van der Waals surface area contributed by atoms with E-state index in [0.717, 1.165) is 0 Å². The lowest BCUT2D eigenvalue weighted by Crippen LogP contribution is -2.46. The molecule has 3 amide bonds. The Labute approximate surface area is 142 Å². The monoisotopic (exact) mass is 350 g/mol. The van der Waals surface area contributed by atoms with Gasteiger partial charge in [0.15, 0.2) is 0 Å². The van der Waals surface area contributed by atoms with E-state index in [9.17, 15) is 9.59 Å². The second kappa shape index (κ2) is 6.79. The van der Waals surface area contributed by atoms with Crippen molar-refractivity contribution in [3.05, 3.63) is 41.2 Å². The normalized spacial score (nSPS) is 13.9. The fourth-order valence-corrected chi connectivity index (χ4v) is 2.62. The number of hydrogen-bond acceptors (Lipinski definition) is 5. The average molecular weight is 351 g/mol. The van der Waals surface area contributed by atoms with Crippen LogP contribution in [-0.4, -0.2) is 47.3 Å². The van der Waals surface area contributed by atoms with E-state index in [2.05, 4.69) is 10.5 Å². The van der Waals surface area contributed by atoms with Gasteiger partial charge in [-0.2, -0.15) is 0 Å². The lowest BCUT2D eigenvalue weighted by atomic mass is 10.3. The minimum absolute atomic E-state index is 0.0787. The summed E-state index contributed by atoms with van der Waals surface area (Å²) in [5, 5.41) is 9.33. The Morgan fingerprint density at radius 1 is 1.29 bits per heavy atom. The quantitative estimate of drug-likeness (QED) is 0.919. The molecule has 1 aliphatic rings. The van der Waals surface area contributed by atoms with E-state index in [1.165, 1.54) is 29.4 Å². The largest absolute Gasteiger partial charge is 0.495 e. The zero-order valence-electron chi connectivity index (χ0n) is 12.9. The van der Waals surface area contributed by atoms with Gasteiger partial charge in [0.2, 0.25) is 5.76 Å². The molecule has 1 aliphatic heterocycles. The molecule has 0 radical (unpaired) electrons. The Hall–Kier alpha value is -2.74. The number of nitrogens with zero attached hydrogens (tertiary/aromatic N) is 3. The van der Waals surface area contributed by atoms with Crippen LogP contribution in [0.25, 0.3) is 0 Å². The van der Waals surface area contributed by atoms with Crippen LogP contribution in [0.2, 0.25) is 5.02 Å². The van der Waals surface area contributed by atoms with Gasteiger partial charge >= 0.3 is 11.9 Å². The highest BCUT2D eigenvalue weighted by Gasteiger charge is 2.33. The Kier molecular flexibility index (Phi) is 4.57. The van der Waals surface area contributed by atoms with E-state index in [-0.39, 0.29) is 5.76 Å². The molecule has 1 fully saturated rings. The molecular weight excluding hydrogens is 336 g/mol. The van der Waals surface area contributed by atoms with Crippen LogP contribution in [0.5, 0.6) is 5.75 Å². The summed E-state index contributed by atoms with van der Waals surface area (Å²) in [5.74, 6) is 0.133. The van der Waals surface area contributed by atoms with E-state index in [1.807, 2.05) is 0 Å². The van der Waals surface area contributed by atoms with Gasteiger partial charge in [-0.15, -0.1) is 0 Å². The summed E-state index contributed by atoms with van der Waals surface area (Å²) < 4.78 is 10.1. The number of nitrogens with one attached hydrogen (secondary N) is 1. The summed E-state index contributed by atoms with van der Waals surface area (Å²) in [6, 6.07) is 5.89. The molecule has 8 nitrogen and oxygen atoms in total. The van der Waals surface area contributed by atoms with E-state index in [4.69, 9.17) is 20.9 Å². The molecule has 0 saturated carbocycles. The van der Waals surface area contributed by atoms with E-state index < -0.39 is 11.9 Å². The number of rotatable bonds is 3. The van der Waals surface area contributed by atoms with Gasteiger partial charge < -0.3 is 14.6 Å². The molecular formula is C15H15ClN4O4. The van der Waals surface area contributed by atoms with Gasteiger partial charge in [-0.3, -0.25) is 4.79 Å². The Morgan fingerprint density at radius 2 is 2.08 bits per heavy atom. The number of amides is 3. The SMILES string of the molecule is COc1ccc(Cl)cc1NC(=O)N1CCCN1C(=O)c1ccno1. The van der Waals surface area contributed by atoms with Crippen molar-refractivity contribution in [2.75, 3.05) is 25.5 Å². The molecule has 1 saturated heterocycles. The van der Waals surface area contributed by atoms with Crippen LogP contribution in [0.4, 0.5) is 10.5 Å². The Bertz CT molecular complexity index is 750. The highest BCUT2D eigenvalue weighted by Crippen LogP contribution is 2.28. The van der Waals surface area contributed by atoms with E-state index in [0.29, 0.717) is 36.0 Å². The summed E-state index contributed by atoms with van der Waals surface area (Å²) in [6.45, 7) is 0.828. The topological polar surface area (TPSA) is 87.9 Å². The molecule has 0 unspecified atom stereocenters. The number of hydrogen-bond donors (Lipinski definition) is 1. The third kappa shape index (κ3) is 3.13. The molecule has 24 heavy (non-hydrogen) atoms. The zero-order valence-corrected chi connectivity index (χ0v) is 13.6. The molecule has 1 N–H and O–H groups in total. The average Bonchev–Trinajstić information content (AvgIpc) is 3.26. The second-order valence-electron chi connectivity index (χ2n) is 5.06. The smallest absolute Gasteiger partial charge is 0.340 e. The number of hydrazine groups is 1. The van der Waals surface area contributed by atoms with Gasteiger partial charge in [-0.1, -0.05) is 16.8 Å². The number of methoxy groups -OCH3 is 1. The lowest BCUT2D eigenvalue weighted by molar-refractivity contribution is 0.0365. The van der Waals surface area contributed by atoms with Gasteiger partial charge in [-0.05, 0) is 24.6 Å². The number of urea groups is 1. The highest BCUT2D eigenvalue weighted by atomic mass is 35.5. The summed E-state index contributed by atoms with van der Waals surface area (Å²) in [5.41, 5.74) is 0.425. The lowest BCUT2D eigenvalue weighted by Gasteiger charge is -2.27. The van der Waals surface area contributed by atoms with Gasteiger partial charge in [0.05, 0.1) is 19.0 Å². The van der Waals surface area contributed by atoms with E-state index in [1.54, 1.807) is 18.2 Å². The van der Waals surface area contributed by atoms with Crippen LogP contribution in [0.1, 0.15) is 17.0 Å². The third-order valence-electron chi connectivity index (χ3n) is 3.55. The van der Waals surface area contributed by atoms with Gasteiger partial charge in [0.25, 0.3) is 0 Å². The third-order valence-corrected chi connectivity index (χ3v) is 3.79. The maximum atomic E-state index is 12.6. The van der Waals surface area contributed by atoms with Crippen LogP contribution in [0, 0.1) is 0 Å². The van der Waals surface area contributed by atoms with Crippen molar-refractivity contribution < 1.29 is 18.8 Å². The molecule has 126 valence electrons. The number of anilines is 1. The Balaban J connectivity index is 1.77. The molecule has 9 heteroatoms. The predicted octanol–water partition coefficient (Wildman–Crippen LogP) is 2.63. The number of halogens is 1. The highest BCUT2D eigenvalue weighted by molar-refractivity contribution is 6.31.